The SMILES string of the molecule is Cc1cc(CC(C)NC(=O)NC2Cc3[nH]ncc3C(C(F)(F)F)C2)n[nH]1. The Balaban J connectivity index is 1.57. The standard InChI is InChI=1S/C16H21F3N6O/c1-8(3-11-4-9(2)23-24-11)21-15(26)22-10-5-13(16(17,18)19)12-7-20-25-14(12)6-10/h4,7-8,10,13H,3,5-6H2,1-2H3,(H,20,25)(H,23,24)(H2,21,22,26). The van der Waals surface area contributed by atoms with Gasteiger partial charge in [0.2, 0.25) is 0 Å². The molecule has 0 bridgehead atoms. The maximum absolute atomic E-state index is 13.3. The number of hydrogen-bond acceptors (Lipinski definition) is 3. The van der Waals surface area contributed by atoms with Crippen molar-refractivity contribution in [2.24, 2.45) is 0 Å². The summed E-state index contributed by atoms with van der Waals surface area (Å²) in [6.07, 6.45) is -2.53. The fourth-order valence-electron chi connectivity index (χ4n) is 3.34. The molecule has 7 nitrogen and oxygen atoms in total. The minimum absolute atomic E-state index is 0.165. The van der Waals surface area contributed by atoms with Crippen LogP contribution >= 0.6 is 0 Å². The number of H-pyrrole nitrogens is 2. The molecule has 10 heteroatoms. The van der Waals surface area contributed by atoms with Crippen molar-refractivity contribution in [3.8, 4) is 0 Å². The Morgan fingerprint density at radius 3 is 2.85 bits per heavy atom. The van der Waals surface area contributed by atoms with Crippen LogP contribution in [-0.4, -0.2) is 44.7 Å². The van der Waals surface area contributed by atoms with Crippen molar-refractivity contribution in [1.82, 2.24) is 31.0 Å². The molecule has 3 rings (SSSR count). The monoisotopic (exact) mass is 370 g/mol. The average Bonchev–Trinajstić information content (AvgIpc) is 3.13. The van der Waals surface area contributed by atoms with E-state index in [-0.39, 0.29) is 18.0 Å². The topological polar surface area (TPSA) is 98.5 Å². The van der Waals surface area contributed by atoms with E-state index in [1.54, 1.807) is 0 Å². The zero-order valence-electron chi connectivity index (χ0n) is 14.4. The number of urea groups is 1. The molecule has 0 radical (unpaired) electrons. The lowest BCUT2D eigenvalue weighted by atomic mass is 9.83. The normalized spacial score (nSPS) is 21.1. The molecule has 26 heavy (non-hydrogen) atoms. The highest BCUT2D eigenvalue weighted by Gasteiger charge is 2.46. The Morgan fingerprint density at radius 1 is 1.42 bits per heavy atom. The molecule has 2 amide bonds. The third kappa shape index (κ3) is 4.17. The van der Waals surface area contributed by atoms with Gasteiger partial charge >= 0.3 is 12.2 Å². The van der Waals surface area contributed by atoms with E-state index in [1.165, 1.54) is 6.20 Å². The second-order valence-corrected chi connectivity index (χ2v) is 6.80. The van der Waals surface area contributed by atoms with Gasteiger partial charge in [-0.05, 0) is 26.3 Å². The summed E-state index contributed by atoms with van der Waals surface area (Å²) < 4.78 is 39.8. The van der Waals surface area contributed by atoms with E-state index in [0.29, 0.717) is 18.5 Å². The predicted molar refractivity (Wildman–Crippen MR) is 87.7 cm³/mol. The first-order valence-electron chi connectivity index (χ1n) is 8.39. The van der Waals surface area contributed by atoms with E-state index in [0.717, 1.165) is 11.4 Å². The van der Waals surface area contributed by atoms with E-state index in [1.807, 2.05) is 19.9 Å². The summed E-state index contributed by atoms with van der Waals surface area (Å²) in [6, 6.07) is 0.570. The van der Waals surface area contributed by atoms with E-state index < -0.39 is 24.2 Å². The van der Waals surface area contributed by atoms with Gasteiger partial charge in [-0.3, -0.25) is 10.2 Å². The van der Waals surface area contributed by atoms with Gasteiger partial charge < -0.3 is 10.6 Å². The van der Waals surface area contributed by atoms with E-state index in [9.17, 15) is 18.0 Å². The second kappa shape index (κ2) is 7.00. The van der Waals surface area contributed by atoms with Gasteiger partial charge in [-0.1, -0.05) is 0 Å². The molecule has 1 aliphatic carbocycles. The van der Waals surface area contributed by atoms with Crippen LogP contribution in [0.5, 0.6) is 0 Å². The summed E-state index contributed by atoms with van der Waals surface area (Å²) in [4.78, 5) is 12.2. The number of aromatic nitrogens is 4. The number of nitrogens with zero attached hydrogens (tertiary/aromatic N) is 2. The van der Waals surface area contributed by atoms with Gasteiger partial charge in [0.05, 0.1) is 17.8 Å². The third-order valence-electron chi connectivity index (χ3n) is 4.48. The quantitative estimate of drug-likeness (QED) is 0.665. The van der Waals surface area contributed by atoms with Crippen molar-refractivity contribution in [3.63, 3.8) is 0 Å². The molecule has 0 fully saturated rings. The van der Waals surface area contributed by atoms with Crippen LogP contribution in [0.2, 0.25) is 0 Å². The first-order chi connectivity index (χ1) is 12.2. The number of carbonyl (C=O) groups is 1. The Kier molecular flexibility index (Phi) is 4.92. The molecular weight excluding hydrogens is 349 g/mol. The van der Waals surface area contributed by atoms with Gasteiger partial charge in [0, 0.05) is 41.9 Å². The third-order valence-corrected chi connectivity index (χ3v) is 4.48. The number of carbonyl (C=O) groups excluding carboxylic acids is 1. The largest absolute Gasteiger partial charge is 0.395 e. The van der Waals surface area contributed by atoms with Gasteiger partial charge in [0.1, 0.15) is 0 Å². The number of halogens is 3. The number of aryl methyl sites for hydroxylation is 1. The molecule has 2 aromatic heterocycles. The molecule has 3 atom stereocenters. The maximum Gasteiger partial charge on any atom is 0.395 e. The molecule has 2 aromatic rings. The van der Waals surface area contributed by atoms with Gasteiger partial charge in [0.25, 0.3) is 0 Å². The van der Waals surface area contributed by atoms with Crippen LogP contribution < -0.4 is 10.6 Å². The minimum Gasteiger partial charge on any atom is -0.335 e. The van der Waals surface area contributed by atoms with Crippen LogP contribution in [0.3, 0.4) is 0 Å². The zero-order chi connectivity index (χ0) is 18.9. The molecule has 142 valence electrons. The Labute approximate surface area is 148 Å². The second-order valence-electron chi connectivity index (χ2n) is 6.80. The number of nitrogens with one attached hydrogen (secondary N) is 4. The van der Waals surface area contributed by atoms with Crippen LogP contribution in [0.15, 0.2) is 12.3 Å². The number of alkyl halides is 3. The molecule has 0 saturated heterocycles. The average molecular weight is 370 g/mol. The summed E-state index contributed by atoms with van der Waals surface area (Å²) >= 11 is 0. The van der Waals surface area contributed by atoms with Gasteiger partial charge in [0.15, 0.2) is 0 Å². The van der Waals surface area contributed by atoms with Gasteiger partial charge in [-0.15, -0.1) is 0 Å². The molecular formula is C16H21F3N6O. The lowest BCUT2D eigenvalue weighted by Gasteiger charge is -2.31. The van der Waals surface area contributed by atoms with Crippen LogP contribution in [0, 0.1) is 6.92 Å². The molecule has 0 saturated carbocycles. The van der Waals surface area contributed by atoms with Crippen molar-refractivity contribution >= 4 is 6.03 Å². The highest BCUT2D eigenvalue weighted by atomic mass is 19.4. The first-order valence-corrected chi connectivity index (χ1v) is 8.39. The summed E-state index contributed by atoms with van der Waals surface area (Å²) in [7, 11) is 0. The van der Waals surface area contributed by atoms with Gasteiger partial charge in [-0.25, -0.2) is 4.79 Å². The van der Waals surface area contributed by atoms with Crippen molar-refractivity contribution < 1.29 is 18.0 Å². The smallest absolute Gasteiger partial charge is 0.335 e. The van der Waals surface area contributed by atoms with Crippen molar-refractivity contribution in [2.75, 3.05) is 0 Å². The van der Waals surface area contributed by atoms with Crippen LogP contribution in [0.1, 0.15) is 41.9 Å². The van der Waals surface area contributed by atoms with Crippen LogP contribution in [-0.2, 0) is 12.8 Å². The number of rotatable bonds is 4. The predicted octanol–water partition coefficient (Wildman–Crippen LogP) is 2.33. The molecule has 0 spiro atoms. The first kappa shape index (κ1) is 18.3. The molecule has 2 heterocycles. The van der Waals surface area contributed by atoms with E-state index >= 15 is 0 Å². The molecule has 3 unspecified atom stereocenters. The fourth-order valence-corrected chi connectivity index (χ4v) is 3.34. The summed E-state index contributed by atoms with van der Waals surface area (Å²) in [5.74, 6) is -1.63. The highest BCUT2D eigenvalue weighted by Crippen LogP contribution is 2.42. The summed E-state index contributed by atoms with van der Waals surface area (Å²) in [5, 5.41) is 18.6. The highest BCUT2D eigenvalue weighted by molar-refractivity contribution is 5.74. The van der Waals surface area contributed by atoms with Crippen LogP contribution in [0.25, 0.3) is 0 Å². The fraction of sp³-hybridized carbons (Fsp3) is 0.562. The summed E-state index contributed by atoms with van der Waals surface area (Å²) in [6.45, 7) is 3.70. The Bertz CT molecular complexity index is 768. The van der Waals surface area contributed by atoms with Crippen molar-refractivity contribution in [1.29, 1.82) is 0 Å². The maximum atomic E-state index is 13.3. The lowest BCUT2D eigenvalue weighted by molar-refractivity contribution is -0.154. The molecule has 0 aromatic carbocycles. The lowest BCUT2D eigenvalue weighted by Crippen LogP contribution is -2.49. The van der Waals surface area contributed by atoms with E-state index in [4.69, 9.17) is 0 Å². The number of aromatic amines is 2. The Hall–Kier alpha value is -2.52. The molecule has 1 aliphatic rings. The van der Waals surface area contributed by atoms with Crippen molar-refractivity contribution in [2.45, 2.75) is 57.3 Å². The van der Waals surface area contributed by atoms with Crippen molar-refractivity contribution in [3.05, 3.63) is 34.9 Å². The Morgan fingerprint density at radius 2 is 2.19 bits per heavy atom. The molecule has 4 N–H and O–H groups in total. The minimum atomic E-state index is -4.37. The number of fused-ring (bicyclic) bond motifs is 1. The zero-order valence-corrected chi connectivity index (χ0v) is 14.4. The number of hydrogen-bond donors (Lipinski definition) is 4. The molecule has 0 aliphatic heterocycles. The summed E-state index contributed by atoms with van der Waals surface area (Å²) in [5.41, 5.74) is 2.32. The number of amides is 2. The van der Waals surface area contributed by atoms with E-state index in [2.05, 4.69) is 31.0 Å². The van der Waals surface area contributed by atoms with Crippen LogP contribution in [0.4, 0.5) is 18.0 Å². The van der Waals surface area contributed by atoms with Gasteiger partial charge in [-0.2, -0.15) is 23.4 Å².